The number of Topliss-reactive ketones (excluding diaryl/α,β-unsaturated/α-hetero) is 1. The van der Waals surface area contributed by atoms with Gasteiger partial charge in [0.15, 0.2) is 0 Å². The Balaban J connectivity index is 2.13. The summed E-state index contributed by atoms with van der Waals surface area (Å²) in [7, 11) is 0. The third kappa shape index (κ3) is 2.26. The highest BCUT2D eigenvalue weighted by atomic mass is 16.3. The van der Waals surface area contributed by atoms with Crippen LogP contribution in [0.2, 0.25) is 0 Å². The average molecular weight is 204 g/mol. The molecule has 2 heteroatoms. The Bertz CT molecular complexity index is 351. The van der Waals surface area contributed by atoms with Gasteiger partial charge in [0.2, 0.25) is 0 Å². The Morgan fingerprint density at radius 3 is 2.47 bits per heavy atom. The fraction of sp³-hybridized carbons (Fsp3) is 0.462. The minimum Gasteiger partial charge on any atom is -0.389 e. The van der Waals surface area contributed by atoms with E-state index in [0.29, 0.717) is 18.1 Å². The number of hydrogen-bond acceptors (Lipinski definition) is 2. The molecule has 2 rings (SSSR count). The first-order chi connectivity index (χ1) is 7.16. The molecule has 1 aliphatic carbocycles. The van der Waals surface area contributed by atoms with Crippen LogP contribution in [0.1, 0.15) is 49.3 Å². The highest BCUT2D eigenvalue weighted by Gasteiger charge is 2.23. The predicted molar refractivity (Wildman–Crippen MR) is 58.7 cm³/mol. The Morgan fingerprint density at radius 1 is 1.33 bits per heavy atom. The Kier molecular flexibility index (Phi) is 2.87. The number of benzene rings is 1. The van der Waals surface area contributed by atoms with Crippen molar-refractivity contribution in [1.29, 1.82) is 0 Å². The van der Waals surface area contributed by atoms with E-state index in [9.17, 15) is 9.90 Å². The molecule has 1 fully saturated rings. The minimum absolute atomic E-state index is 0.375. The van der Waals surface area contributed by atoms with Crippen molar-refractivity contribution < 1.29 is 9.90 Å². The minimum atomic E-state index is -0.413. The van der Waals surface area contributed by atoms with E-state index < -0.39 is 6.10 Å². The molecular weight excluding hydrogens is 188 g/mol. The maximum atomic E-state index is 11.2. The molecule has 1 N–H and O–H groups in total. The molecule has 1 aliphatic rings. The number of aliphatic hydroxyl groups excluding tert-OH is 1. The molecule has 0 aromatic heterocycles. The van der Waals surface area contributed by atoms with Gasteiger partial charge >= 0.3 is 0 Å². The van der Waals surface area contributed by atoms with Crippen molar-refractivity contribution in [1.82, 2.24) is 0 Å². The van der Waals surface area contributed by atoms with Crippen molar-refractivity contribution in [2.75, 3.05) is 0 Å². The SMILES string of the molecule is CC(O)c1ccc(C2CCC(=O)C2)cc1. The molecule has 2 atom stereocenters. The summed E-state index contributed by atoms with van der Waals surface area (Å²) in [5.74, 6) is 0.778. The summed E-state index contributed by atoms with van der Waals surface area (Å²) in [5.41, 5.74) is 2.16. The summed E-state index contributed by atoms with van der Waals surface area (Å²) in [4.78, 5) is 11.2. The first-order valence-corrected chi connectivity index (χ1v) is 5.46. The predicted octanol–water partition coefficient (Wildman–Crippen LogP) is 2.58. The molecule has 0 saturated heterocycles. The van der Waals surface area contributed by atoms with Crippen molar-refractivity contribution in [3.63, 3.8) is 0 Å². The van der Waals surface area contributed by atoms with Gasteiger partial charge < -0.3 is 5.11 Å². The maximum absolute atomic E-state index is 11.2. The lowest BCUT2D eigenvalue weighted by Crippen LogP contribution is -1.96. The van der Waals surface area contributed by atoms with E-state index in [4.69, 9.17) is 0 Å². The molecular formula is C13H16O2. The van der Waals surface area contributed by atoms with Gasteiger partial charge in [0, 0.05) is 12.8 Å². The molecule has 0 heterocycles. The standard InChI is InChI=1S/C13H16O2/c1-9(14)10-2-4-11(5-3-10)12-6-7-13(15)8-12/h2-5,9,12,14H,6-8H2,1H3. The van der Waals surface area contributed by atoms with Crippen LogP contribution in [0, 0.1) is 0 Å². The fourth-order valence-corrected chi connectivity index (χ4v) is 2.15. The van der Waals surface area contributed by atoms with Crippen molar-refractivity contribution in [2.45, 2.75) is 38.2 Å². The van der Waals surface area contributed by atoms with Crippen LogP contribution in [0.4, 0.5) is 0 Å². The zero-order valence-corrected chi connectivity index (χ0v) is 8.94. The van der Waals surface area contributed by atoms with Gasteiger partial charge in [-0.15, -0.1) is 0 Å². The molecule has 0 radical (unpaired) electrons. The van der Waals surface area contributed by atoms with Gasteiger partial charge in [0.1, 0.15) is 5.78 Å². The second-order valence-corrected chi connectivity index (χ2v) is 4.32. The van der Waals surface area contributed by atoms with Gasteiger partial charge in [-0.1, -0.05) is 24.3 Å². The van der Waals surface area contributed by atoms with Crippen LogP contribution >= 0.6 is 0 Å². The van der Waals surface area contributed by atoms with E-state index in [1.807, 2.05) is 24.3 Å². The summed E-state index contributed by atoms with van der Waals surface area (Å²) in [6, 6.07) is 7.96. The highest BCUT2D eigenvalue weighted by molar-refractivity contribution is 5.81. The van der Waals surface area contributed by atoms with Crippen LogP contribution in [0.15, 0.2) is 24.3 Å². The Labute approximate surface area is 89.9 Å². The van der Waals surface area contributed by atoms with Crippen LogP contribution in [0.3, 0.4) is 0 Å². The molecule has 0 amide bonds. The second kappa shape index (κ2) is 4.15. The lowest BCUT2D eigenvalue weighted by molar-refractivity contribution is -0.117. The van der Waals surface area contributed by atoms with Gasteiger partial charge in [-0.3, -0.25) is 4.79 Å². The zero-order chi connectivity index (χ0) is 10.8. The van der Waals surface area contributed by atoms with E-state index in [0.717, 1.165) is 18.4 Å². The molecule has 1 aromatic rings. The quantitative estimate of drug-likeness (QED) is 0.804. The average Bonchev–Trinajstić information content (AvgIpc) is 2.65. The molecule has 2 nitrogen and oxygen atoms in total. The van der Waals surface area contributed by atoms with Crippen molar-refractivity contribution >= 4 is 5.78 Å². The van der Waals surface area contributed by atoms with E-state index >= 15 is 0 Å². The molecule has 0 aliphatic heterocycles. The van der Waals surface area contributed by atoms with Crippen LogP contribution in [-0.2, 0) is 4.79 Å². The van der Waals surface area contributed by atoms with Gasteiger partial charge in [-0.25, -0.2) is 0 Å². The second-order valence-electron chi connectivity index (χ2n) is 4.32. The van der Waals surface area contributed by atoms with Gasteiger partial charge in [-0.05, 0) is 30.4 Å². The summed E-state index contributed by atoms with van der Waals surface area (Å²) in [6.45, 7) is 1.76. The van der Waals surface area contributed by atoms with Gasteiger partial charge in [0.05, 0.1) is 6.10 Å². The van der Waals surface area contributed by atoms with Crippen molar-refractivity contribution in [3.05, 3.63) is 35.4 Å². The fourth-order valence-electron chi connectivity index (χ4n) is 2.15. The lowest BCUT2D eigenvalue weighted by atomic mass is 9.96. The summed E-state index contributed by atoms with van der Waals surface area (Å²) in [6.07, 6.45) is 1.98. The van der Waals surface area contributed by atoms with Gasteiger partial charge in [0.25, 0.3) is 0 Å². The topological polar surface area (TPSA) is 37.3 Å². The molecule has 15 heavy (non-hydrogen) atoms. The smallest absolute Gasteiger partial charge is 0.133 e. The van der Waals surface area contributed by atoms with E-state index in [1.54, 1.807) is 6.92 Å². The molecule has 2 unspecified atom stereocenters. The molecule has 0 spiro atoms. The van der Waals surface area contributed by atoms with Crippen LogP contribution in [0.25, 0.3) is 0 Å². The monoisotopic (exact) mass is 204 g/mol. The normalized spacial score (nSPS) is 23.1. The molecule has 80 valence electrons. The number of carbonyl (C=O) groups is 1. The summed E-state index contributed by atoms with van der Waals surface area (Å²) >= 11 is 0. The van der Waals surface area contributed by atoms with E-state index in [1.165, 1.54) is 5.56 Å². The van der Waals surface area contributed by atoms with Crippen molar-refractivity contribution in [3.8, 4) is 0 Å². The van der Waals surface area contributed by atoms with Crippen LogP contribution in [0.5, 0.6) is 0 Å². The van der Waals surface area contributed by atoms with Crippen LogP contribution < -0.4 is 0 Å². The summed E-state index contributed by atoms with van der Waals surface area (Å²) < 4.78 is 0. The molecule has 1 aromatic carbocycles. The van der Waals surface area contributed by atoms with Crippen molar-refractivity contribution in [2.24, 2.45) is 0 Å². The maximum Gasteiger partial charge on any atom is 0.133 e. The third-order valence-corrected chi connectivity index (χ3v) is 3.14. The largest absolute Gasteiger partial charge is 0.389 e. The number of carbonyl (C=O) groups excluding carboxylic acids is 1. The van der Waals surface area contributed by atoms with Gasteiger partial charge in [-0.2, -0.15) is 0 Å². The number of rotatable bonds is 2. The third-order valence-electron chi connectivity index (χ3n) is 3.14. The molecule has 0 bridgehead atoms. The number of aliphatic hydroxyl groups is 1. The number of ketones is 1. The van der Waals surface area contributed by atoms with E-state index in [-0.39, 0.29) is 0 Å². The lowest BCUT2D eigenvalue weighted by Gasteiger charge is -2.10. The first kappa shape index (κ1) is 10.4. The van der Waals surface area contributed by atoms with E-state index in [2.05, 4.69) is 0 Å². The Hall–Kier alpha value is -1.15. The Morgan fingerprint density at radius 2 is 2.00 bits per heavy atom. The number of hydrogen-bond donors (Lipinski definition) is 1. The zero-order valence-electron chi connectivity index (χ0n) is 8.94. The highest BCUT2D eigenvalue weighted by Crippen LogP contribution is 2.32. The first-order valence-electron chi connectivity index (χ1n) is 5.46. The molecule has 1 saturated carbocycles. The summed E-state index contributed by atoms with van der Waals surface area (Å²) in [5, 5.41) is 9.37. The van der Waals surface area contributed by atoms with Crippen LogP contribution in [-0.4, -0.2) is 10.9 Å².